The number of nitrogens with zero attached hydrogens (tertiary/aromatic N) is 5. The number of hydrogen-bond donors (Lipinski definition) is 1. The molecule has 7 heteroatoms. The molecule has 0 radical (unpaired) electrons. The molecule has 0 amide bonds. The van der Waals surface area contributed by atoms with Crippen LogP contribution in [0.5, 0.6) is 0 Å². The van der Waals surface area contributed by atoms with Crippen LogP contribution >= 0.6 is 11.8 Å². The van der Waals surface area contributed by atoms with E-state index in [4.69, 9.17) is 5.73 Å². The van der Waals surface area contributed by atoms with Crippen molar-refractivity contribution in [2.24, 2.45) is 22.6 Å². The third-order valence-corrected chi connectivity index (χ3v) is 5.00. The molecule has 6 nitrogen and oxygen atoms in total. The summed E-state index contributed by atoms with van der Waals surface area (Å²) in [7, 11) is 0. The topological polar surface area (TPSA) is 72.3 Å². The van der Waals surface area contributed by atoms with Crippen LogP contribution in [0, 0.1) is 11.8 Å². The second kappa shape index (κ2) is 9.30. The van der Waals surface area contributed by atoms with Crippen molar-refractivity contribution in [2.45, 2.75) is 58.2 Å². The molecule has 1 atom stereocenters. The summed E-state index contributed by atoms with van der Waals surface area (Å²) < 4.78 is 2.24. The number of rotatable bonds is 7. The van der Waals surface area contributed by atoms with Gasteiger partial charge in [-0.25, -0.2) is 0 Å². The molecule has 2 N–H and O–H groups in total. The van der Waals surface area contributed by atoms with Gasteiger partial charge in [0.1, 0.15) is 5.82 Å². The molecule has 136 valence electrons. The van der Waals surface area contributed by atoms with Gasteiger partial charge in [-0.1, -0.05) is 32.5 Å². The second-order valence-corrected chi connectivity index (χ2v) is 7.92. The number of guanidine groups is 1. The number of likely N-dealkylation sites (tertiary alicyclic amines) is 1. The van der Waals surface area contributed by atoms with Gasteiger partial charge in [0.2, 0.25) is 0 Å². The van der Waals surface area contributed by atoms with Gasteiger partial charge in [-0.05, 0) is 37.4 Å². The highest BCUT2D eigenvalue weighted by Gasteiger charge is 2.17. The van der Waals surface area contributed by atoms with E-state index in [1.165, 1.54) is 12.8 Å². The van der Waals surface area contributed by atoms with E-state index in [2.05, 4.69) is 51.7 Å². The zero-order chi connectivity index (χ0) is 17.5. The lowest BCUT2D eigenvalue weighted by Crippen LogP contribution is -2.43. The van der Waals surface area contributed by atoms with Crippen molar-refractivity contribution in [2.75, 3.05) is 25.9 Å². The fourth-order valence-corrected chi connectivity index (χ4v) is 3.65. The molecule has 24 heavy (non-hydrogen) atoms. The van der Waals surface area contributed by atoms with Crippen LogP contribution < -0.4 is 5.73 Å². The van der Waals surface area contributed by atoms with Crippen LogP contribution in [0.15, 0.2) is 10.1 Å². The van der Waals surface area contributed by atoms with E-state index >= 15 is 0 Å². The highest BCUT2D eigenvalue weighted by atomic mass is 32.2. The Morgan fingerprint density at radius 3 is 2.88 bits per heavy atom. The van der Waals surface area contributed by atoms with E-state index in [1.807, 2.05) is 0 Å². The van der Waals surface area contributed by atoms with Crippen molar-refractivity contribution in [3.05, 3.63) is 5.82 Å². The van der Waals surface area contributed by atoms with Crippen molar-refractivity contribution in [3.63, 3.8) is 0 Å². The third kappa shape index (κ3) is 5.40. The standard InChI is InChI=1S/C17H32N6S/c1-13(2)11-23-15(20-21-17(23)24-4)8-5-9-19-16(18)22-10-6-7-14(3)12-22/h13-14H,5-12H2,1-4H3,(H2,18,19). The van der Waals surface area contributed by atoms with Gasteiger partial charge in [0.25, 0.3) is 0 Å². The fraction of sp³-hybridized carbons (Fsp3) is 0.824. The molecule has 1 unspecified atom stereocenters. The molecule has 0 aliphatic carbocycles. The summed E-state index contributed by atoms with van der Waals surface area (Å²) >= 11 is 1.66. The van der Waals surface area contributed by atoms with Crippen molar-refractivity contribution < 1.29 is 0 Å². The Morgan fingerprint density at radius 1 is 1.42 bits per heavy atom. The minimum Gasteiger partial charge on any atom is -0.370 e. The Bertz CT molecular complexity index is 539. The first kappa shape index (κ1) is 19.1. The molecule has 0 saturated carbocycles. The summed E-state index contributed by atoms with van der Waals surface area (Å²) in [5, 5.41) is 9.65. The second-order valence-electron chi connectivity index (χ2n) is 7.14. The van der Waals surface area contributed by atoms with Crippen LogP contribution in [-0.2, 0) is 13.0 Å². The average molecular weight is 353 g/mol. The maximum Gasteiger partial charge on any atom is 0.191 e. The van der Waals surface area contributed by atoms with Gasteiger partial charge >= 0.3 is 0 Å². The summed E-state index contributed by atoms with van der Waals surface area (Å²) in [5.41, 5.74) is 6.15. The van der Waals surface area contributed by atoms with Gasteiger partial charge in [-0.15, -0.1) is 10.2 Å². The van der Waals surface area contributed by atoms with Gasteiger partial charge in [0, 0.05) is 32.6 Å². The van der Waals surface area contributed by atoms with Crippen molar-refractivity contribution in [3.8, 4) is 0 Å². The van der Waals surface area contributed by atoms with E-state index in [0.717, 1.165) is 50.0 Å². The van der Waals surface area contributed by atoms with Crippen molar-refractivity contribution in [1.82, 2.24) is 19.7 Å². The Balaban J connectivity index is 1.85. The quantitative estimate of drug-likeness (QED) is 0.353. The summed E-state index contributed by atoms with van der Waals surface area (Å²) in [5.74, 6) is 3.07. The average Bonchev–Trinajstić information content (AvgIpc) is 2.92. The monoisotopic (exact) mass is 352 g/mol. The lowest BCUT2D eigenvalue weighted by molar-refractivity contribution is 0.270. The SMILES string of the molecule is CSc1nnc(CCCN=C(N)N2CCCC(C)C2)n1CC(C)C. The first-order chi connectivity index (χ1) is 11.5. The molecular weight excluding hydrogens is 320 g/mol. The number of nitrogens with two attached hydrogens (primary N) is 1. The summed E-state index contributed by atoms with van der Waals surface area (Å²) in [6.07, 6.45) is 6.41. The largest absolute Gasteiger partial charge is 0.370 e. The lowest BCUT2D eigenvalue weighted by Gasteiger charge is -2.31. The Kier molecular flexibility index (Phi) is 7.40. The molecule has 2 rings (SSSR count). The van der Waals surface area contributed by atoms with Crippen LogP contribution in [0.1, 0.15) is 45.9 Å². The van der Waals surface area contributed by atoms with Crippen LogP contribution in [0.2, 0.25) is 0 Å². The van der Waals surface area contributed by atoms with E-state index < -0.39 is 0 Å². The van der Waals surface area contributed by atoms with Crippen LogP contribution in [0.4, 0.5) is 0 Å². The van der Waals surface area contributed by atoms with E-state index in [-0.39, 0.29) is 0 Å². The molecular formula is C17H32N6S. The summed E-state index contributed by atoms with van der Waals surface area (Å²) in [4.78, 5) is 6.80. The number of thioether (sulfide) groups is 1. The van der Waals surface area contributed by atoms with E-state index in [0.29, 0.717) is 17.8 Å². The zero-order valence-corrected chi connectivity index (χ0v) is 16.3. The molecule has 1 fully saturated rings. The van der Waals surface area contributed by atoms with Crippen LogP contribution in [-0.4, -0.2) is 51.5 Å². The third-order valence-electron chi connectivity index (χ3n) is 4.34. The normalized spacial score (nSPS) is 19.3. The minimum atomic E-state index is 0.584. The Hall–Kier alpha value is -1.24. The van der Waals surface area contributed by atoms with Crippen LogP contribution in [0.25, 0.3) is 0 Å². The number of aliphatic imine (C=N–C) groups is 1. The number of aryl methyl sites for hydroxylation is 1. The molecule has 0 bridgehead atoms. The first-order valence-electron chi connectivity index (χ1n) is 9.02. The highest BCUT2D eigenvalue weighted by Crippen LogP contribution is 2.17. The van der Waals surface area contributed by atoms with Crippen molar-refractivity contribution in [1.29, 1.82) is 0 Å². The summed E-state index contributed by atoms with van der Waals surface area (Å²) in [6, 6.07) is 0. The van der Waals surface area contributed by atoms with Gasteiger partial charge in [-0.3, -0.25) is 4.99 Å². The maximum atomic E-state index is 6.15. The fourth-order valence-electron chi connectivity index (χ4n) is 3.13. The lowest BCUT2D eigenvalue weighted by atomic mass is 10.0. The predicted molar refractivity (Wildman–Crippen MR) is 101 cm³/mol. The van der Waals surface area contributed by atoms with Crippen molar-refractivity contribution >= 4 is 17.7 Å². The zero-order valence-electron chi connectivity index (χ0n) is 15.5. The minimum absolute atomic E-state index is 0.584. The highest BCUT2D eigenvalue weighted by molar-refractivity contribution is 7.98. The van der Waals surface area contributed by atoms with Gasteiger partial charge in [0.05, 0.1) is 0 Å². The molecule has 0 aromatic carbocycles. The molecule has 0 spiro atoms. The predicted octanol–water partition coefficient (Wildman–Crippen LogP) is 2.64. The van der Waals surface area contributed by atoms with Crippen LogP contribution in [0.3, 0.4) is 0 Å². The number of hydrogen-bond acceptors (Lipinski definition) is 4. The summed E-state index contributed by atoms with van der Waals surface area (Å²) in [6.45, 7) is 10.5. The molecule has 1 saturated heterocycles. The van der Waals surface area contributed by atoms with Gasteiger partial charge < -0.3 is 15.2 Å². The molecule has 1 aliphatic heterocycles. The van der Waals surface area contributed by atoms with Gasteiger partial charge in [-0.2, -0.15) is 0 Å². The van der Waals surface area contributed by atoms with E-state index in [9.17, 15) is 0 Å². The Labute approximate surface area is 150 Å². The molecule has 2 heterocycles. The smallest absolute Gasteiger partial charge is 0.191 e. The molecule has 1 aliphatic rings. The first-order valence-corrected chi connectivity index (χ1v) is 10.2. The number of piperidine rings is 1. The molecule has 1 aromatic heterocycles. The Morgan fingerprint density at radius 2 is 2.21 bits per heavy atom. The maximum absolute atomic E-state index is 6.15. The van der Waals surface area contributed by atoms with Gasteiger partial charge in [0.15, 0.2) is 11.1 Å². The number of aromatic nitrogens is 3. The molecule has 1 aromatic rings. The van der Waals surface area contributed by atoms with E-state index in [1.54, 1.807) is 11.8 Å².